The molecule has 0 bridgehead atoms. The van der Waals surface area contributed by atoms with Crippen LogP contribution < -0.4 is 11.1 Å². The van der Waals surface area contributed by atoms with Gasteiger partial charge in [0.2, 0.25) is 5.91 Å². The predicted octanol–water partition coefficient (Wildman–Crippen LogP) is 1.10. The molecular formula is C10H20N2OS2. The fourth-order valence-corrected chi connectivity index (χ4v) is 1.99. The monoisotopic (exact) mass is 248 g/mol. The van der Waals surface area contributed by atoms with Crippen LogP contribution in [0.5, 0.6) is 0 Å². The molecule has 0 rings (SSSR count). The molecule has 0 aromatic rings. The Bertz CT molecular complexity index is 188. The molecule has 15 heavy (non-hydrogen) atoms. The summed E-state index contributed by atoms with van der Waals surface area (Å²) in [5, 5.41) is 2.82. The molecule has 0 aliphatic carbocycles. The lowest BCUT2D eigenvalue weighted by molar-refractivity contribution is -0.122. The average Bonchev–Trinajstić information content (AvgIpc) is 2.25. The normalized spacial score (nSPS) is 12.1. The fourth-order valence-electron chi connectivity index (χ4n) is 0.920. The number of hydrogen-bond acceptors (Lipinski definition) is 4. The third-order valence-electron chi connectivity index (χ3n) is 1.75. The van der Waals surface area contributed by atoms with Crippen LogP contribution in [0.4, 0.5) is 0 Å². The second-order valence-corrected chi connectivity index (χ2v) is 5.18. The number of nitrogens with one attached hydrogen (secondary N) is 1. The van der Waals surface area contributed by atoms with Crippen molar-refractivity contribution in [3.63, 3.8) is 0 Å². The smallest absolute Gasteiger partial charge is 0.236 e. The van der Waals surface area contributed by atoms with Crippen LogP contribution in [-0.2, 0) is 4.79 Å². The van der Waals surface area contributed by atoms with E-state index in [-0.39, 0.29) is 11.9 Å². The maximum Gasteiger partial charge on any atom is 0.236 e. The van der Waals surface area contributed by atoms with Crippen LogP contribution in [0.1, 0.15) is 6.42 Å². The van der Waals surface area contributed by atoms with Gasteiger partial charge in [-0.25, -0.2) is 0 Å². The summed E-state index contributed by atoms with van der Waals surface area (Å²) in [7, 11) is 0. The summed E-state index contributed by atoms with van der Waals surface area (Å²) in [6, 6.07) is -0.359. The second kappa shape index (κ2) is 10.4. The zero-order chi connectivity index (χ0) is 11.5. The van der Waals surface area contributed by atoms with Gasteiger partial charge in [0, 0.05) is 18.1 Å². The van der Waals surface area contributed by atoms with Gasteiger partial charge in [-0.1, -0.05) is 6.08 Å². The highest BCUT2D eigenvalue weighted by Gasteiger charge is 2.11. The number of nitrogens with two attached hydrogens (primary N) is 1. The molecule has 0 aromatic carbocycles. The number of rotatable bonds is 9. The number of carbonyl (C=O) groups is 1. The first-order chi connectivity index (χ1) is 7.22. The summed E-state index contributed by atoms with van der Waals surface area (Å²) in [5.41, 5.74) is 5.70. The van der Waals surface area contributed by atoms with Gasteiger partial charge in [-0.2, -0.15) is 23.5 Å². The van der Waals surface area contributed by atoms with E-state index < -0.39 is 0 Å². The summed E-state index contributed by atoms with van der Waals surface area (Å²) in [6.07, 6.45) is 4.61. The lowest BCUT2D eigenvalue weighted by Gasteiger charge is -2.10. The Balaban J connectivity index is 3.42. The van der Waals surface area contributed by atoms with Crippen LogP contribution in [0, 0.1) is 0 Å². The van der Waals surface area contributed by atoms with Gasteiger partial charge in [-0.3, -0.25) is 4.79 Å². The van der Waals surface area contributed by atoms with Gasteiger partial charge in [0.05, 0.1) is 6.04 Å². The lowest BCUT2D eigenvalue weighted by Crippen LogP contribution is -2.41. The molecule has 3 nitrogen and oxygen atoms in total. The van der Waals surface area contributed by atoms with Crippen molar-refractivity contribution in [2.24, 2.45) is 5.73 Å². The Kier molecular flexibility index (Phi) is 10.3. The molecule has 0 heterocycles. The van der Waals surface area contributed by atoms with Gasteiger partial charge in [-0.05, 0) is 18.4 Å². The summed E-state index contributed by atoms with van der Waals surface area (Å²) in [6.45, 7) is 4.31. The second-order valence-electron chi connectivity index (χ2n) is 3.04. The van der Waals surface area contributed by atoms with Gasteiger partial charge < -0.3 is 11.1 Å². The minimum atomic E-state index is -0.359. The largest absolute Gasteiger partial charge is 0.354 e. The molecule has 88 valence electrons. The van der Waals surface area contributed by atoms with Gasteiger partial charge in [0.15, 0.2) is 0 Å². The van der Waals surface area contributed by atoms with E-state index in [1.165, 1.54) is 0 Å². The molecule has 0 unspecified atom stereocenters. The van der Waals surface area contributed by atoms with E-state index in [0.29, 0.717) is 6.54 Å². The highest BCUT2D eigenvalue weighted by Crippen LogP contribution is 1.99. The van der Waals surface area contributed by atoms with Crippen LogP contribution in [0.25, 0.3) is 0 Å². The molecule has 5 heteroatoms. The van der Waals surface area contributed by atoms with Crippen LogP contribution in [-0.4, -0.2) is 42.0 Å². The highest BCUT2D eigenvalue weighted by molar-refractivity contribution is 7.99. The Morgan fingerprint density at radius 2 is 2.33 bits per heavy atom. The van der Waals surface area contributed by atoms with Gasteiger partial charge >= 0.3 is 0 Å². The molecule has 0 aromatic heterocycles. The van der Waals surface area contributed by atoms with Crippen molar-refractivity contribution in [1.82, 2.24) is 5.32 Å². The SMILES string of the molecule is C=CCSCCNC(=O)[C@H](N)CCSC. The standard InChI is InChI=1S/C10H20N2OS2/c1-3-6-15-8-5-12-10(13)9(11)4-7-14-2/h3,9H,1,4-8,11H2,2H3,(H,12,13)/t9-/m1/s1. The van der Waals surface area contributed by atoms with Gasteiger partial charge in [-0.15, -0.1) is 6.58 Å². The molecule has 0 radical (unpaired) electrons. The van der Waals surface area contributed by atoms with Crippen molar-refractivity contribution >= 4 is 29.4 Å². The van der Waals surface area contributed by atoms with Crippen molar-refractivity contribution in [3.8, 4) is 0 Å². The first kappa shape index (κ1) is 14.9. The molecule has 3 N–H and O–H groups in total. The maximum absolute atomic E-state index is 11.4. The molecule has 1 amide bonds. The summed E-state index contributed by atoms with van der Waals surface area (Å²) < 4.78 is 0. The van der Waals surface area contributed by atoms with E-state index in [2.05, 4.69) is 11.9 Å². The Hall–Kier alpha value is -0.130. The number of thioether (sulfide) groups is 2. The zero-order valence-corrected chi connectivity index (χ0v) is 10.8. The van der Waals surface area contributed by atoms with Crippen molar-refractivity contribution in [3.05, 3.63) is 12.7 Å². The van der Waals surface area contributed by atoms with E-state index >= 15 is 0 Å². The molecule has 0 saturated carbocycles. The van der Waals surface area contributed by atoms with Crippen LogP contribution >= 0.6 is 23.5 Å². The van der Waals surface area contributed by atoms with Crippen molar-refractivity contribution in [2.45, 2.75) is 12.5 Å². The Morgan fingerprint density at radius 3 is 2.93 bits per heavy atom. The van der Waals surface area contributed by atoms with E-state index in [4.69, 9.17) is 5.73 Å². The van der Waals surface area contributed by atoms with Crippen molar-refractivity contribution in [2.75, 3.05) is 30.1 Å². The van der Waals surface area contributed by atoms with Crippen LogP contribution in [0.3, 0.4) is 0 Å². The summed E-state index contributed by atoms with van der Waals surface area (Å²) in [5.74, 6) is 2.73. The lowest BCUT2D eigenvalue weighted by atomic mass is 10.2. The molecule has 0 aliphatic heterocycles. The first-order valence-corrected chi connectivity index (χ1v) is 7.48. The van der Waals surface area contributed by atoms with E-state index in [9.17, 15) is 4.79 Å². The van der Waals surface area contributed by atoms with Crippen molar-refractivity contribution in [1.29, 1.82) is 0 Å². The third-order valence-corrected chi connectivity index (χ3v) is 3.36. The van der Waals surface area contributed by atoms with Gasteiger partial charge in [0.25, 0.3) is 0 Å². The number of carbonyl (C=O) groups excluding carboxylic acids is 1. The number of amides is 1. The summed E-state index contributed by atoms with van der Waals surface area (Å²) in [4.78, 5) is 11.4. The minimum Gasteiger partial charge on any atom is -0.354 e. The number of hydrogen-bond donors (Lipinski definition) is 2. The first-order valence-electron chi connectivity index (χ1n) is 4.93. The van der Waals surface area contributed by atoms with E-state index in [1.54, 1.807) is 23.5 Å². The predicted molar refractivity (Wildman–Crippen MR) is 71.5 cm³/mol. The maximum atomic E-state index is 11.4. The minimum absolute atomic E-state index is 0.0387. The van der Waals surface area contributed by atoms with E-state index in [0.717, 1.165) is 23.7 Å². The highest BCUT2D eigenvalue weighted by atomic mass is 32.2. The van der Waals surface area contributed by atoms with E-state index in [1.807, 2.05) is 12.3 Å². The van der Waals surface area contributed by atoms with Gasteiger partial charge in [0.1, 0.15) is 0 Å². The third kappa shape index (κ3) is 8.84. The van der Waals surface area contributed by atoms with Crippen LogP contribution in [0.15, 0.2) is 12.7 Å². The molecular weight excluding hydrogens is 228 g/mol. The Morgan fingerprint density at radius 1 is 1.60 bits per heavy atom. The molecule has 0 fully saturated rings. The fraction of sp³-hybridized carbons (Fsp3) is 0.700. The average molecular weight is 248 g/mol. The summed E-state index contributed by atoms with van der Waals surface area (Å²) >= 11 is 3.45. The molecule has 1 atom stereocenters. The Labute approximate surface area is 101 Å². The molecule has 0 aliphatic rings. The van der Waals surface area contributed by atoms with Crippen molar-refractivity contribution < 1.29 is 4.79 Å². The topological polar surface area (TPSA) is 55.1 Å². The quantitative estimate of drug-likeness (QED) is 0.474. The molecule has 0 saturated heterocycles. The van der Waals surface area contributed by atoms with Crippen LogP contribution in [0.2, 0.25) is 0 Å². The zero-order valence-electron chi connectivity index (χ0n) is 9.20. The molecule has 0 spiro atoms.